The van der Waals surface area contributed by atoms with Gasteiger partial charge in [-0.15, -0.1) is 0 Å². The molecule has 3 unspecified atom stereocenters. The zero-order chi connectivity index (χ0) is 19.1. The summed E-state index contributed by atoms with van der Waals surface area (Å²) in [6, 6.07) is 6.86. The molecular formula is C20H18N2O5. The van der Waals surface area contributed by atoms with E-state index in [1.165, 1.54) is 30.3 Å². The fourth-order valence-electron chi connectivity index (χ4n) is 4.37. The van der Waals surface area contributed by atoms with Gasteiger partial charge in [-0.3, -0.25) is 14.9 Å². The number of carbonyl (C=O) groups is 2. The Labute approximate surface area is 154 Å². The van der Waals surface area contributed by atoms with Crippen LogP contribution in [0.25, 0.3) is 10.8 Å². The van der Waals surface area contributed by atoms with Gasteiger partial charge in [-0.2, -0.15) is 0 Å². The fourth-order valence-corrected chi connectivity index (χ4v) is 4.37. The van der Waals surface area contributed by atoms with Crippen LogP contribution in [0.15, 0.2) is 42.5 Å². The third-order valence-corrected chi connectivity index (χ3v) is 5.63. The summed E-state index contributed by atoms with van der Waals surface area (Å²) in [6.45, 7) is 0.512. The third kappa shape index (κ3) is 2.95. The summed E-state index contributed by atoms with van der Waals surface area (Å²) in [4.78, 5) is 35.1. The SMILES string of the molecule is O=C(O)c1cccc2c([N+](=O)[O-])ccc(C(=O)NCC3CC4C=CC3C4)c12. The molecule has 0 aromatic heterocycles. The summed E-state index contributed by atoms with van der Waals surface area (Å²) in [6.07, 6.45) is 6.60. The molecule has 0 spiro atoms. The van der Waals surface area contributed by atoms with Crippen molar-refractivity contribution in [2.24, 2.45) is 17.8 Å². The second kappa shape index (κ2) is 6.50. The molecule has 27 heavy (non-hydrogen) atoms. The number of carboxylic acid groups (broad SMARTS) is 1. The molecule has 1 amide bonds. The van der Waals surface area contributed by atoms with E-state index in [0.717, 1.165) is 12.8 Å². The summed E-state index contributed by atoms with van der Waals surface area (Å²) in [7, 11) is 0. The van der Waals surface area contributed by atoms with E-state index in [0.29, 0.717) is 24.3 Å². The number of carboxylic acids is 1. The lowest BCUT2D eigenvalue weighted by Gasteiger charge is -2.19. The lowest BCUT2D eigenvalue weighted by molar-refractivity contribution is -0.383. The molecule has 2 aliphatic carbocycles. The summed E-state index contributed by atoms with van der Waals surface area (Å²) in [5, 5.41) is 23.9. The number of hydrogen-bond acceptors (Lipinski definition) is 4. The summed E-state index contributed by atoms with van der Waals surface area (Å²) in [5.74, 6) is -0.176. The van der Waals surface area contributed by atoms with Crippen molar-refractivity contribution in [1.82, 2.24) is 5.32 Å². The zero-order valence-corrected chi connectivity index (χ0v) is 14.4. The van der Waals surface area contributed by atoms with Gasteiger partial charge >= 0.3 is 5.97 Å². The van der Waals surface area contributed by atoms with Gasteiger partial charge in [0.05, 0.1) is 15.9 Å². The van der Waals surface area contributed by atoms with Gasteiger partial charge in [0.15, 0.2) is 0 Å². The van der Waals surface area contributed by atoms with Gasteiger partial charge in [-0.25, -0.2) is 4.79 Å². The first-order chi connectivity index (χ1) is 13.0. The number of non-ortho nitro benzene ring substituents is 1. The Balaban J connectivity index is 1.69. The number of hydrogen-bond donors (Lipinski definition) is 2. The van der Waals surface area contributed by atoms with E-state index >= 15 is 0 Å². The van der Waals surface area contributed by atoms with Crippen LogP contribution in [-0.4, -0.2) is 28.5 Å². The summed E-state index contributed by atoms with van der Waals surface area (Å²) in [5.41, 5.74) is -0.195. The molecule has 2 N–H and O–H groups in total. The molecule has 0 aliphatic heterocycles. The Morgan fingerprint density at radius 2 is 1.96 bits per heavy atom. The van der Waals surface area contributed by atoms with Crippen LogP contribution in [0, 0.1) is 27.9 Å². The van der Waals surface area contributed by atoms with Crippen molar-refractivity contribution in [1.29, 1.82) is 0 Å². The number of nitrogens with one attached hydrogen (secondary N) is 1. The van der Waals surface area contributed by atoms with Gasteiger partial charge in [0.25, 0.3) is 11.6 Å². The molecule has 2 aromatic carbocycles. The molecule has 7 nitrogen and oxygen atoms in total. The monoisotopic (exact) mass is 366 g/mol. The van der Waals surface area contributed by atoms with Gasteiger partial charge in [0.2, 0.25) is 0 Å². The van der Waals surface area contributed by atoms with Gasteiger partial charge < -0.3 is 10.4 Å². The van der Waals surface area contributed by atoms with E-state index in [1.54, 1.807) is 0 Å². The molecule has 1 saturated carbocycles. The van der Waals surface area contributed by atoms with Gasteiger partial charge in [-0.05, 0) is 48.8 Å². The van der Waals surface area contributed by atoms with Crippen molar-refractivity contribution in [3.05, 3.63) is 63.7 Å². The number of rotatable bonds is 5. The Kier molecular flexibility index (Phi) is 4.14. The lowest BCUT2D eigenvalue weighted by atomic mass is 9.93. The highest BCUT2D eigenvalue weighted by Crippen LogP contribution is 2.43. The molecule has 0 heterocycles. The molecule has 1 fully saturated rings. The predicted octanol–water partition coefficient (Wildman–Crippen LogP) is 3.39. The lowest BCUT2D eigenvalue weighted by Crippen LogP contribution is -2.31. The Bertz CT molecular complexity index is 997. The van der Waals surface area contributed by atoms with Crippen molar-refractivity contribution in [3.63, 3.8) is 0 Å². The zero-order valence-electron chi connectivity index (χ0n) is 14.4. The van der Waals surface area contributed by atoms with Crippen molar-refractivity contribution in [2.45, 2.75) is 12.8 Å². The number of benzene rings is 2. The molecule has 7 heteroatoms. The highest BCUT2D eigenvalue weighted by atomic mass is 16.6. The second-order valence-electron chi connectivity index (χ2n) is 7.17. The molecule has 138 valence electrons. The highest BCUT2D eigenvalue weighted by molar-refractivity contribution is 6.16. The largest absolute Gasteiger partial charge is 0.478 e. The van der Waals surface area contributed by atoms with E-state index in [2.05, 4.69) is 17.5 Å². The number of nitro groups is 1. The van der Waals surface area contributed by atoms with Crippen molar-refractivity contribution >= 4 is 28.3 Å². The topological polar surface area (TPSA) is 110 Å². The normalized spacial score (nSPS) is 22.9. The molecule has 2 bridgehead atoms. The van der Waals surface area contributed by atoms with Gasteiger partial charge in [-0.1, -0.05) is 18.2 Å². The minimum atomic E-state index is -1.23. The second-order valence-corrected chi connectivity index (χ2v) is 7.17. The Morgan fingerprint density at radius 1 is 1.15 bits per heavy atom. The van der Waals surface area contributed by atoms with Crippen LogP contribution >= 0.6 is 0 Å². The molecule has 2 aliphatic rings. The number of nitro benzene ring substituents is 1. The van der Waals surface area contributed by atoms with E-state index in [1.807, 2.05) is 0 Å². The van der Waals surface area contributed by atoms with Gasteiger partial charge in [0, 0.05) is 23.6 Å². The molecule has 3 atom stereocenters. The summed E-state index contributed by atoms with van der Waals surface area (Å²) >= 11 is 0. The standard InChI is InChI=1S/C20H18N2O5/c23-19(21-10-13-9-11-4-5-12(13)8-11)15-6-7-17(22(26)27)14-2-1-3-16(18(14)15)20(24)25/h1-7,11-13H,8-10H2,(H,21,23)(H,24,25). The molecule has 0 radical (unpaired) electrons. The van der Waals surface area contributed by atoms with Crippen molar-refractivity contribution in [2.75, 3.05) is 6.54 Å². The number of allylic oxidation sites excluding steroid dienone is 2. The number of carbonyl (C=O) groups excluding carboxylic acids is 1. The maximum atomic E-state index is 12.8. The van der Waals surface area contributed by atoms with Crippen LogP contribution < -0.4 is 5.32 Å². The van der Waals surface area contributed by atoms with Crippen LogP contribution in [0.3, 0.4) is 0 Å². The van der Waals surface area contributed by atoms with E-state index in [9.17, 15) is 24.8 Å². The first-order valence-corrected chi connectivity index (χ1v) is 8.85. The quantitative estimate of drug-likeness (QED) is 0.479. The Morgan fingerprint density at radius 3 is 2.59 bits per heavy atom. The molecule has 2 aromatic rings. The first-order valence-electron chi connectivity index (χ1n) is 8.85. The van der Waals surface area contributed by atoms with Crippen LogP contribution in [0.1, 0.15) is 33.6 Å². The van der Waals surface area contributed by atoms with Gasteiger partial charge in [0.1, 0.15) is 0 Å². The fraction of sp³-hybridized carbons (Fsp3) is 0.300. The number of aromatic carboxylic acids is 1. The number of amides is 1. The third-order valence-electron chi connectivity index (χ3n) is 5.63. The minimum Gasteiger partial charge on any atom is -0.478 e. The smallest absolute Gasteiger partial charge is 0.336 e. The van der Waals surface area contributed by atoms with Crippen LogP contribution in [0.5, 0.6) is 0 Å². The molecule has 0 saturated heterocycles. The van der Waals surface area contributed by atoms with Crippen molar-refractivity contribution in [3.8, 4) is 0 Å². The molecule has 4 rings (SSSR count). The first kappa shape index (κ1) is 17.2. The number of fused-ring (bicyclic) bond motifs is 3. The van der Waals surface area contributed by atoms with Crippen LogP contribution in [-0.2, 0) is 0 Å². The molecular weight excluding hydrogens is 348 g/mol. The Hall–Kier alpha value is -3.22. The van der Waals surface area contributed by atoms with Crippen molar-refractivity contribution < 1.29 is 19.6 Å². The maximum Gasteiger partial charge on any atom is 0.336 e. The van der Waals surface area contributed by atoms with E-state index < -0.39 is 16.8 Å². The van der Waals surface area contributed by atoms with Crippen LogP contribution in [0.4, 0.5) is 5.69 Å². The van der Waals surface area contributed by atoms with E-state index in [4.69, 9.17) is 0 Å². The van der Waals surface area contributed by atoms with Crippen LogP contribution in [0.2, 0.25) is 0 Å². The average Bonchev–Trinajstić information content (AvgIpc) is 3.27. The number of nitrogens with zero attached hydrogens (tertiary/aromatic N) is 1. The average molecular weight is 366 g/mol. The van der Waals surface area contributed by atoms with E-state index in [-0.39, 0.29) is 27.6 Å². The summed E-state index contributed by atoms with van der Waals surface area (Å²) < 4.78 is 0. The maximum absolute atomic E-state index is 12.8. The minimum absolute atomic E-state index is 0.101. The predicted molar refractivity (Wildman–Crippen MR) is 98.7 cm³/mol. The highest BCUT2D eigenvalue weighted by Gasteiger charge is 2.35.